The number of carbonyl (C=O) groups is 14. The minimum absolute atomic E-state index is 0.0479. The fourth-order valence-corrected chi connectivity index (χ4v) is 13.7. The van der Waals surface area contributed by atoms with Gasteiger partial charge in [-0.3, -0.25) is 86.7 Å². The number of primary amides is 2. The summed E-state index contributed by atoms with van der Waals surface area (Å²) in [6.07, 6.45) is 37.1. The Morgan fingerprint density at radius 3 is 1.19 bits per heavy atom. The van der Waals surface area contributed by atoms with Crippen LogP contribution in [0.5, 0.6) is 0 Å². The molecule has 2 heterocycles. The molecule has 2 aliphatic heterocycles. The maximum atomic E-state index is 12.8. The van der Waals surface area contributed by atoms with Crippen molar-refractivity contribution >= 4 is 107 Å². The number of likely N-dealkylation sites (tertiary alicyclic amines) is 1. The summed E-state index contributed by atoms with van der Waals surface area (Å²) in [4.78, 5) is 174. The Hall–Kier alpha value is -6.82. The molecule has 680 valence electrons. The molecule has 0 radical (unpaired) electrons. The van der Waals surface area contributed by atoms with Gasteiger partial charge in [-0.15, -0.1) is 11.8 Å². The maximum Gasteiger partial charge on any atom is 0.254 e. The number of nitrogens with two attached hydrogens (primary N) is 2. The minimum Gasteiger partial charge on any atom is -0.379 e. The van der Waals surface area contributed by atoms with Crippen LogP contribution in [0.3, 0.4) is 0 Å². The Morgan fingerprint density at radius 2 is 0.780 bits per heavy atom. The highest BCUT2D eigenvalue weighted by Crippen LogP contribution is 2.25. The van der Waals surface area contributed by atoms with E-state index in [-0.39, 0.29) is 152 Å². The zero-order chi connectivity index (χ0) is 87.5. The topological polar surface area (TPSA) is 437 Å². The average Bonchev–Trinajstić information content (AvgIpc) is 1.69. The molecule has 32 nitrogen and oxygen atoms in total. The van der Waals surface area contributed by atoms with Crippen LogP contribution in [0, 0.1) is 0 Å². The lowest BCUT2D eigenvalue weighted by molar-refractivity contribution is -0.142. The smallest absolute Gasteiger partial charge is 0.254 e. The van der Waals surface area contributed by atoms with E-state index in [0.29, 0.717) is 83.3 Å². The largest absolute Gasteiger partial charge is 0.379 e. The third-order valence-corrected chi connectivity index (χ3v) is 21.0. The molecule has 12 N–H and O–H groups in total. The molecule has 3 unspecified atom stereocenters. The van der Waals surface area contributed by atoms with Gasteiger partial charge in [0.25, 0.3) is 11.8 Å². The predicted octanol–water partition coefficient (Wildman–Crippen LogP) is 6.37. The first-order valence-corrected chi connectivity index (χ1v) is 45.7. The molecule has 118 heavy (non-hydrogen) atoms. The van der Waals surface area contributed by atoms with E-state index in [9.17, 15) is 67.1 Å². The number of hydrogen-bond donors (Lipinski definition) is 11. The number of imide groups is 2. The van der Waals surface area contributed by atoms with Crippen molar-refractivity contribution in [2.45, 2.75) is 283 Å². The number of nitrogens with zero attached hydrogens (tertiary/aromatic N) is 4. The molecule has 0 aliphatic carbocycles. The van der Waals surface area contributed by atoms with Crippen LogP contribution in [0.15, 0.2) is 12.2 Å². The highest BCUT2D eigenvalue weighted by atomic mass is 32.2. The second kappa shape index (κ2) is 77.5. The van der Waals surface area contributed by atoms with Crippen molar-refractivity contribution in [3.8, 4) is 0 Å². The summed E-state index contributed by atoms with van der Waals surface area (Å²) in [5.74, 6) is -2.78. The Morgan fingerprint density at radius 1 is 0.415 bits per heavy atom. The summed E-state index contributed by atoms with van der Waals surface area (Å²) in [6.45, 7) is 15.6. The van der Waals surface area contributed by atoms with Gasteiger partial charge in [-0.05, 0) is 102 Å². The highest BCUT2D eigenvalue weighted by Gasteiger charge is 2.40. The number of amides is 14. The van der Waals surface area contributed by atoms with Gasteiger partial charge in [0, 0.05) is 96.8 Å². The molecule has 1 saturated heterocycles. The van der Waals surface area contributed by atoms with E-state index >= 15 is 0 Å². The van der Waals surface area contributed by atoms with Crippen molar-refractivity contribution in [1.82, 2.24) is 62.1 Å². The number of likely N-dealkylation sites (N-methyl/N-ethyl adjacent to an activating group) is 2. The van der Waals surface area contributed by atoms with Crippen molar-refractivity contribution in [2.75, 3.05) is 157 Å². The molecular weight excluding hydrogens is 1560 g/mol. The van der Waals surface area contributed by atoms with Gasteiger partial charge in [0.1, 0.15) is 25.2 Å². The number of thiol groups is 1. The lowest BCUT2D eigenvalue weighted by Crippen LogP contribution is -2.44. The maximum absolute atomic E-state index is 12.8. The van der Waals surface area contributed by atoms with E-state index < -0.39 is 52.8 Å². The molecule has 0 saturated carbocycles. The predicted molar refractivity (Wildman–Crippen MR) is 465 cm³/mol. The molecule has 3 atom stereocenters. The molecule has 2 rings (SSSR count). The summed E-state index contributed by atoms with van der Waals surface area (Å²) in [7, 11) is 3.30. The Labute approximate surface area is 714 Å². The fourth-order valence-electron chi connectivity index (χ4n) is 12.3. The molecule has 2 aliphatic rings. The lowest BCUT2D eigenvalue weighted by atomic mass is 10.1. The number of ether oxygens (including phenoxy) is 4. The molecule has 0 aromatic rings. The molecule has 1 fully saturated rings. The first kappa shape index (κ1) is 111. The van der Waals surface area contributed by atoms with Crippen molar-refractivity contribution < 1.29 is 86.1 Å². The lowest BCUT2D eigenvalue weighted by Gasteiger charge is -2.21. The quantitative estimate of drug-likeness (QED) is 0.0179. The Kier molecular flexibility index (Phi) is 73.0. The second-order valence-electron chi connectivity index (χ2n) is 29.8. The van der Waals surface area contributed by atoms with Crippen molar-refractivity contribution in [3.05, 3.63) is 12.2 Å². The van der Waals surface area contributed by atoms with Gasteiger partial charge in [-0.25, -0.2) is 0 Å². The van der Waals surface area contributed by atoms with E-state index in [1.54, 1.807) is 14.1 Å². The monoisotopic (exact) mass is 1710 g/mol. The van der Waals surface area contributed by atoms with Crippen molar-refractivity contribution in [2.24, 2.45) is 11.5 Å². The second-order valence-corrected chi connectivity index (χ2v) is 31.5. The van der Waals surface area contributed by atoms with Gasteiger partial charge in [0.15, 0.2) is 0 Å². The first-order valence-electron chi connectivity index (χ1n) is 44.0. The minimum atomic E-state index is -0.713. The first-order chi connectivity index (χ1) is 57.0. The molecule has 0 aromatic carbocycles. The van der Waals surface area contributed by atoms with Crippen LogP contribution in [0.1, 0.15) is 265 Å². The van der Waals surface area contributed by atoms with Crippen LogP contribution < -0.4 is 54.0 Å². The average molecular weight is 1710 g/mol. The van der Waals surface area contributed by atoms with Gasteiger partial charge < -0.3 is 72.9 Å². The molecular formula is C84H154N14O18S2. The Bertz CT molecular complexity index is 2800. The highest BCUT2D eigenvalue weighted by molar-refractivity contribution is 8.00. The molecule has 0 bridgehead atoms. The number of rotatable bonds is 76. The summed E-state index contributed by atoms with van der Waals surface area (Å²) in [6, 6.07) is -1.41. The molecule has 0 aromatic heterocycles. The SMILES string of the molecule is CCCCCCCCCCCC(=O)NC(CCCCNC(=O)CCOCCOCCNC(=O)CN1C(=O)C=CC1=O)C(N)=O.CCCCCCCCCCCC(=O)NC(CCCCNC(=O)CCOCCOCCNC(=O)CN1C(=O)CC(SCCN(CCCC)CC(=O)NC)C1=O)C(N)=O.CCCCN(CCCCCCS)CC(=O)NC. The van der Waals surface area contributed by atoms with Crippen molar-refractivity contribution in [1.29, 1.82) is 0 Å². The van der Waals surface area contributed by atoms with E-state index in [4.69, 9.17) is 30.4 Å². The van der Waals surface area contributed by atoms with Gasteiger partial charge in [0.05, 0.1) is 71.2 Å². The van der Waals surface area contributed by atoms with Crippen molar-refractivity contribution in [3.63, 3.8) is 0 Å². The van der Waals surface area contributed by atoms with Gasteiger partial charge in [0.2, 0.25) is 70.9 Å². The van der Waals surface area contributed by atoms with Gasteiger partial charge in [-0.2, -0.15) is 12.6 Å². The fraction of sp³-hybridized carbons (Fsp3) is 0.810. The zero-order valence-electron chi connectivity index (χ0n) is 72.8. The summed E-state index contributed by atoms with van der Waals surface area (Å²) < 4.78 is 21.6. The summed E-state index contributed by atoms with van der Waals surface area (Å²) in [5.41, 5.74) is 11.0. The molecule has 34 heteroatoms. The number of carbonyl (C=O) groups excluding carboxylic acids is 14. The Balaban J connectivity index is 0.00000197. The van der Waals surface area contributed by atoms with Crippen LogP contribution >= 0.6 is 24.4 Å². The van der Waals surface area contributed by atoms with Crippen LogP contribution in [0.25, 0.3) is 0 Å². The normalized spacial score (nSPS) is 13.5. The summed E-state index contributed by atoms with van der Waals surface area (Å²) in [5, 5.41) is 21.1. The molecule has 0 spiro atoms. The zero-order valence-corrected chi connectivity index (χ0v) is 74.5. The number of hydrogen-bond acceptors (Lipinski definition) is 22. The van der Waals surface area contributed by atoms with E-state index in [1.165, 1.54) is 127 Å². The number of thioether (sulfide) groups is 1. The third kappa shape index (κ3) is 64.1. The molecule has 14 amide bonds. The number of nitrogens with one attached hydrogen (secondary N) is 8. The van der Waals surface area contributed by atoms with Crippen LogP contribution in [-0.4, -0.2) is 277 Å². The number of unbranched alkanes of at least 4 members (excludes halogenated alkanes) is 23. The standard InChI is InChI=1S/C40H73N7O9S.C31H53N5O8.C13H28N2OS/c1-4-6-8-9-10-11-12-13-14-18-35(49)45-32(39(41)53)17-15-16-20-43-34(48)19-24-55-26-27-56-25-21-44-37(51)31-47-38(52)29-33(40(47)54)57-28-23-46(22-7-5-2)30-36(50)42-3;1-2-3-4-5-6-7-8-9-10-14-27(38)35-25(31(32)42)13-11-12-18-33-26(37)17-20-43-22-23-44-21-19-34-28(39)24-36-29(40)15-16-30(36)41;1-3-4-9-15(12-13(16)14-2)10-7-5-6-8-11-17/h32-33H,4-31H2,1-3H3,(H2,41,53)(H,42,50)(H,43,48)(H,44,51)(H,45,49);15-16,25H,2-14,17-24H2,1H3,(H2,32,42)(H,33,37)(H,34,39)(H,35,38);17H,3-12H2,1-2H3,(H,14,16). The van der Waals surface area contributed by atoms with Crippen LogP contribution in [0.2, 0.25) is 0 Å². The van der Waals surface area contributed by atoms with Gasteiger partial charge in [-0.1, -0.05) is 156 Å². The van der Waals surface area contributed by atoms with Crippen LogP contribution in [0.4, 0.5) is 0 Å². The summed E-state index contributed by atoms with van der Waals surface area (Å²) >= 11 is 5.58. The van der Waals surface area contributed by atoms with Gasteiger partial charge >= 0.3 is 0 Å². The van der Waals surface area contributed by atoms with E-state index in [2.05, 4.69) is 87.8 Å². The van der Waals surface area contributed by atoms with E-state index in [1.807, 2.05) is 4.90 Å². The third-order valence-electron chi connectivity index (χ3n) is 19.4. The van der Waals surface area contributed by atoms with Crippen LogP contribution in [-0.2, 0) is 86.1 Å². The van der Waals surface area contributed by atoms with E-state index in [0.717, 1.165) is 98.7 Å².